The SMILES string of the molecule is COc1ccc(Cl)cc1-n1c(C)cc(/C=N\N2C(=O)[C@@H]3[C@@H](C2=O)[C@H]2C=C[C@H]3CC2)c1C. The van der Waals surface area contributed by atoms with Crippen molar-refractivity contribution in [3.05, 3.63) is 58.4 Å². The van der Waals surface area contributed by atoms with Gasteiger partial charge in [0.05, 0.1) is 30.8 Å². The molecule has 3 aliphatic carbocycles. The summed E-state index contributed by atoms with van der Waals surface area (Å²) < 4.78 is 7.54. The van der Waals surface area contributed by atoms with Gasteiger partial charge in [-0.1, -0.05) is 23.8 Å². The molecule has 1 saturated heterocycles. The highest BCUT2D eigenvalue weighted by molar-refractivity contribution is 6.30. The van der Waals surface area contributed by atoms with Gasteiger partial charge in [0, 0.05) is 22.0 Å². The van der Waals surface area contributed by atoms with Gasteiger partial charge in [-0.25, -0.2) is 0 Å². The van der Waals surface area contributed by atoms with E-state index in [-0.39, 0.29) is 35.5 Å². The average molecular weight is 438 g/mol. The number of benzene rings is 1. The van der Waals surface area contributed by atoms with Crippen molar-refractivity contribution < 1.29 is 14.3 Å². The van der Waals surface area contributed by atoms with E-state index in [1.807, 2.05) is 36.6 Å². The van der Waals surface area contributed by atoms with Gasteiger partial charge < -0.3 is 9.30 Å². The van der Waals surface area contributed by atoms with Crippen molar-refractivity contribution >= 4 is 29.6 Å². The standard InChI is InChI=1S/C24H24ClN3O3/c1-13-10-17(14(2)27(13)19-11-18(25)8-9-20(19)31-3)12-26-28-23(29)21-15-4-5-16(7-6-15)22(21)24(28)30/h4-5,8-12,15-16,21-22H,6-7H2,1-3H3/b26-12-/t15-,16-,21-,22-/m0/s1. The third kappa shape index (κ3) is 3.04. The van der Waals surface area contributed by atoms with Gasteiger partial charge in [0.1, 0.15) is 5.75 Å². The van der Waals surface area contributed by atoms with Crippen LogP contribution >= 0.6 is 11.6 Å². The Kier molecular flexibility index (Phi) is 4.77. The van der Waals surface area contributed by atoms with Crippen LogP contribution in [0.2, 0.25) is 5.02 Å². The normalized spacial score (nSPS) is 26.9. The summed E-state index contributed by atoms with van der Waals surface area (Å²) in [7, 11) is 1.62. The summed E-state index contributed by atoms with van der Waals surface area (Å²) in [6.07, 6.45) is 7.78. The van der Waals surface area contributed by atoms with Crippen molar-refractivity contribution in [3.8, 4) is 11.4 Å². The molecule has 1 saturated carbocycles. The maximum atomic E-state index is 13.0. The quantitative estimate of drug-likeness (QED) is 0.407. The summed E-state index contributed by atoms with van der Waals surface area (Å²) in [5.74, 6) is 0.171. The minimum Gasteiger partial charge on any atom is -0.495 e. The number of allylic oxidation sites excluding steroid dienone is 2. The van der Waals surface area contributed by atoms with E-state index in [1.165, 1.54) is 0 Å². The lowest BCUT2D eigenvalue weighted by Crippen LogP contribution is -2.38. The van der Waals surface area contributed by atoms with Gasteiger partial charge in [0.2, 0.25) is 0 Å². The van der Waals surface area contributed by atoms with E-state index in [0.717, 1.165) is 40.5 Å². The van der Waals surface area contributed by atoms with Crippen molar-refractivity contribution in [2.45, 2.75) is 26.7 Å². The molecule has 2 heterocycles. The number of nitrogens with zero attached hydrogens (tertiary/aromatic N) is 3. The fraction of sp³-hybridized carbons (Fsp3) is 0.375. The third-order valence-corrected chi connectivity index (χ3v) is 7.14. The number of halogens is 1. The molecular weight excluding hydrogens is 414 g/mol. The maximum absolute atomic E-state index is 13.0. The molecule has 0 spiro atoms. The number of hydrogen-bond acceptors (Lipinski definition) is 4. The number of aryl methyl sites for hydroxylation is 1. The number of methoxy groups -OCH3 is 1. The van der Waals surface area contributed by atoms with Crippen LogP contribution in [0.15, 0.2) is 41.5 Å². The number of imide groups is 1. The summed E-state index contributed by atoms with van der Waals surface area (Å²) in [6, 6.07) is 7.44. The summed E-state index contributed by atoms with van der Waals surface area (Å²) in [5, 5.41) is 6.06. The van der Waals surface area contributed by atoms with Crippen LogP contribution in [0.3, 0.4) is 0 Å². The second-order valence-electron chi connectivity index (χ2n) is 8.55. The van der Waals surface area contributed by atoms with E-state index in [4.69, 9.17) is 16.3 Å². The Morgan fingerprint density at radius 3 is 2.29 bits per heavy atom. The molecule has 2 bridgehead atoms. The maximum Gasteiger partial charge on any atom is 0.254 e. The second kappa shape index (κ2) is 7.38. The number of ether oxygens (including phenoxy) is 1. The van der Waals surface area contributed by atoms with Gasteiger partial charge >= 0.3 is 0 Å². The highest BCUT2D eigenvalue weighted by Gasteiger charge is 2.56. The van der Waals surface area contributed by atoms with Gasteiger partial charge in [-0.15, -0.1) is 0 Å². The van der Waals surface area contributed by atoms with Gasteiger partial charge in [-0.2, -0.15) is 10.1 Å². The van der Waals surface area contributed by atoms with Crippen LogP contribution in [0.4, 0.5) is 0 Å². The van der Waals surface area contributed by atoms with Crippen molar-refractivity contribution in [3.63, 3.8) is 0 Å². The number of fused-ring (bicyclic) bond motifs is 1. The number of carbonyl (C=O) groups is 2. The number of hydrogen-bond donors (Lipinski definition) is 0. The van der Waals surface area contributed by atoms with Crippen LogP contribution in [0, 0.1) is 37.5 Å². The zero-order valence-corrected chi connectivity index (χ0v) is 18.5. The van der Waals surface area contributed by atoms with Crippen molar-refractivity contribution in [2.75, 3.05) is 7.11 Å². The number of aromatic nitrogens is 1. The summed E-state index contributed by atoms with van der Waals surface area (Å²) >= 11 is 6.22. The van der Waals surface area contributed by atoms with Gasteiger partial charge in [-0.05, 0) is 62.8 Å². The molecule has 1 aliphatic heterocycles. The van der Waals surface area contributed by atoms with Crippen LogP contribution in [0.25, 0.3) is 5.69 Å². The topological polar surface area (TPSA) is 63.9 Å². The highest BCUT2D eigenvalue weighted by Crippen LogP contribution is 2.49. The van der Waals surface area contributed by atoms with E-state index >= 15 is 0 Å². The molecule has 2 amide bonds. The zero-order valence-electron chi connectivity index (χ0n) is 17.7. The largest absolute Gasteiger partial charge is 0.495 e. The van der Waals surface area contributed by atoms with E-state index in [2.05, 4.69) is 17.3 Å². The highest BCUT2D eigenvalue weighted by atomic mass is 35.5. The van der Waals surface area contributed by atoms with Gasteiger partial charge in [-0.3, -0.25) is 9.59 Å². The molecule has 6 nitrogen and oxygen atoms in total. The van der Waals surface area contributed by atoms with Crippen LogP contribution in [0.1, 0.15) is 29.8 Å². The Morgan fingerprint density at radius 1 is 1.06 bits per heavy atom. The monoisotopic (exact) mass is 437 g/mol. The van der Waals surface area contributed by atoms with Crippen LogP contribution in [-0.4, -0.2) is 34.7 Å². The molecule has 0 N–H and O–H groups in total. The first-order chi connectivity index (χ1) is 14.9. The molecule has 31 heavy (non-hydrogen) atoms. The Bertz CT molecular complexity index is 1120. The molecule has 4 atom stereocenters. The summed E-state index contributed by atoms with van der Waals surface area (Å²) in [4.78, 5) is 26.0. The minimum atomic E-state index is -0.253. The molecule has 2 fully saturated rings. The van der Waals surface area contributed by atoms with Crippen molar-refractivity contribution in [1.82, 2.24) is 9.58 Å². The molecule has 7 heteroatoms. The predicted molar refractivity (Wildman–Crippen MR) is 119 cm³/mol. The number of rotatable bonds is 4. The fourth-order valence-electron chi connectivity index (χ4n) is 5.42. The summed E-state index contributed by atoms with van der Waals surface area (Å²) in [6.45, 7) is 3.95. The third-order valence-electron chi connectivity index (χ3n) is 6.90. The smallest absolute Gasteiger partial charge is 0.254 e. The molecular formula is C24H24ClN3O3. The van der Waals surface area contributed by atoms with E-state index in [1.54, 1.807) is 19.4 Å². The fourth-order valence-corrected chi connectivity index (χ4v) is 5.59. The number of hydrazone groups is 1. The molecule has 4 aliphatic rings. The zero-order chi connectivity index (χ0) is 21.9. The molecule has 1 aromatic heterocycles. The average Bonchev–Trinajstić information content (AvgIpc) is 3.20. The first-order valence-electron chi connectivity index (χ1n) is 10.5. The minimum absolute atomic E-state index is 0.159. The molecule has 2 aromatic rings. The van der Waals surface area contributed by atoms with E-state index in [9.17, 15) is 9.59 Å². The summed E-state index contributed by atoms with van der Waals surface area (Å²) in [5.41, 5.74) is 3.54. The van der Waals surface area contributed by atoms with Crippen LogP contribution in [-0.2, 0) is 9.59 Å². The molecule has 0 unspecified atom stereocenters. The number of amides is 2. The Labute approximate surface area is 186 Å². The Hall–Kier alpha value is -2.86. The molecule has 6 rings (SSSR count). The van der Waals surface area contributed by atoms with Crippen molar-refractivity contribution in [2.24, 2.45) is 28.8 Å². The number of carbonyl (C=O) groups excluding carboxylic acids is 2. The first-order valence-corrected chi connectivity index (χ1v) is 10.9. The van der Waals surface area contributed by atoms with Gasteiger partial charge in [0.25, 0.3) is 11.8 Å². The lowest BCUT2D eigenvalue weighted by atomic mass is 9.63. The van der Waals surface area contributed by atoms with Crippen molar-refractivity contribution in [1.29, 1.82) is 0 Å². The van der Waals surface area contributed by atoms with Gasteiger partial charge in [0.15, 0.2) is 0 Å². The first kappa shape index (κ1) is 20.1. The second-order valence-corrected chi connectivity index (χ2v) is 8.99. The van der Waals surface area contributed by atoms with Crippen LogP contribution < -0.4 is 4.74 Å². The molecule has 0 radical (unpaired) electrons. The Balaban J connectivity index is 1.47. The molecule has 160 valence electrons. The lowest BCUT2D eigenvalue weighted by Gasteiger charge is -2.37. The predicted octanol–water partition coefficient (Wildman–Crippen LogP) is 4.29. The van der Waals surface area contributed by atoms with E-state index < -0.39 is 0 Å². The van der Waals surface area contributed by atoms with E-state index in [0.29, 0.717) is 10.8 Å². The Morgan fingerprint density at radius 2 is 1.71 bits per heavy atom. The molecule has 1 aromatic carbocycles. The van der Waals surface area contributed by atoms with Crippen LogP contribution in [0.5, 0.6) is 5.75 Å². The lowest BCUT2D eigenvalue weighted by molar-refractivity contribution is -0.140.